The van der Waals surface area contributed by atoms with Gasteiger partial charge in [0.1, 0.15) is 6.07 Å². The third kappa shape index (κ3) is 2.15. The smallest absolute Gasteiger partial charge is 0.271 e. The molecule has 21 heavy (non-hydrogen) atoms. The van der Waals surface area contributed by atoms with Crippen molar-refractivity contribution in [3.05, 3.63) is 52.1 Å². The Morgan fingerprint density at radius 1 is 1.43 bits per heavy atom. The van der Waals surface area contributed by atoms with Gasteiger partial charge in [-0.1, -0.05) is 0 Å². The third-order valence-corrected chi connectivity index (χ3v) is 3.46. The lowest BCUT2D eigenvalue weighted by atomic mass is 10.1. The van der Waals surface area contributed by atoms with E-state index in [0.717, 1.165) is 16.6 Å². The highest BCUT2D eigenvalue weighted by Gasteiger charge is 2.07. The van der Waals surface area contributed by atoms with Crippen LogP contribution >= 0.6 is 0 Å². The lowest BCUT2D eigenvalue weighted by Gasteiger charge is -2.09. The molecule has 6 nitrogen and oxygen atoms in total. The van der Waals surface area contributed by atoms with Crippen molar-refractivity contribution in [2.75, 3.05) is 5.32 Å². The van der Waals surface area contributed by atoms with Gasteiger partial charge in [0, 0.05) is 35.4 Å². The van der Waals surface area contributed by atoms with Crippen molar-refractivity contribution in [1.82, 2.24) is 14.8 Å². The number of hydrogen-bond acceptors (Lipinski definition) is 4. The Hall–Kier alpha value is -3.07. The van der Waals surface area contributed by atoms with Gasteiger partial charge in [-0.25, -0.2) is 4.68 Å². The summed E-state index contributed by atoms with van der Waals surface area (Å²) >= 11 is 0. The number of fused-ring (bicyclic) bond motifs is 1. The van der Waals surface area contributed by atoms with Crippen molar-refractivity contribution in [1.29, 1.82) is 5.26 Å². The number of rotatable bonds is 2. The average Bonchev–Trinajstić information content (AvgIpc) is 2.90. The summed E-state index contributed by atoms with van der Waals surface area (Å²) in [6.45, 7) is 1.75. The summed E-state index contributed by atoms with van der Waals surface area (Å²) in [6, 6.07) is 7.80. The summed E-state index contributed by atoms with van der Waals surface area (Å²) < 4.78 is 1.30. The number of hydrogen-bond donors (Lipinski definition) is 2. The molecule has 0 bridgehead atoms. The molecule has 0 radical (unpaired) electrons. The fourth-order valence-electron chi connectivity index (χ4n) is 2.22. The van der Waals surface area contributed by atoms with E-state index in [-0.39, 0.29) is 5.56 Å². The SMILES string of the molecule is Cc1c(Nc2ccc3[nH]cc(C#N)c3c2)cnn(C)c1=O. The van der Waals surface area contributed by atoms with Gasteiger partial charge in [-0.15, -0.1) is 0 Å². The molecule has 0 atom stereocenters. The highest BCUT2D eigenvalue weighted by Crippen LogP contribution is 2.24. The van der Waals surface area contributed by atoms with Crippen LogP contribution in [0.15, 0.2) is 35.4 Å². The van der Waals surface area contributed by atoms with Crippen LogP contribution < -0.4 is 10.9 Å². The van der Waals surface area contributed by atoms with Gasteiger partial charge in [0.25, 0.3) is 5.56 Å². The Balaban J connectivity index is 2.04. The lowest BCUT2D eigenvalue weighted by Crippen LogP contribution is -2.22. The topological polar surface area (TPSA) is 86.5 Å². The maximum absolute atomic E-state index is 11.9. The number of aromatic amines is 1. The Morgan fingerprint density at radius 3 is 3.00 bits per heavy atom. The van der Waals surface area contributed by atoms with Crippen LogP contribution in [0, 0.1) is 18.3 Å². The first-order valence-corrected chi connectivity index (χ1v) is 6.41. The zero-order valence-corrected chi connectivity index (χ0v) is 11.6. The standard InChI is InChI=1S/C15H13N5O/c1-9-14(8-18-20(2)15(9)21)19-11-3-4-13-12(5-11)10(6-16)7-17-13/h3-5,7-8,17,19H,1-2H3. The number of aromatic nitrogens is 3. The number of nitrogens with zero attached hydrogens (tertiary/aromatic N) is 3. The van der Waals surface area contributed by atoms with E-state index in [0.29, 0.717) is 16.8 Å². The summed E-state index contributed by atoms with van der Waals surface area (Å²) in [4.78, 5) is 14.9. The van der Waals surface area contributed by atoms with Crippen molar-refractivity contribution in [2.45, 2.75) is 6.92 Å². The number of H-pyrrole nitrogens is 1. The maximum atomic E-state index is 11.9. The number of aryl methyl sites for hydroxylation is 1. The second-order valence-corrected chi connectivity index (χ2v) is 4.81. The van der Waals surface area contributed by atoms with E-state index in [2.05, 4.69) is 21.5 Å². The average molecular weight is 279 g/mol. The molecular formula is C15H13N5O. The zero-order chi connectivity index (χ0) is 15.0. The van der Waals surface area contributed by atoms with Crippen LogP contribution in [0.5, 0.6) is 0 Å². The van der Waals surface area contributed by atoms with Crippen LogP contribution in [0.25, 0.3) is 10.9 Å². The van der Waals surface area contributed by atoms with E-state index < -0.39 is 0 Å². The molecule has 0 spiro atoms. The van der Waals surface area contributed by atoms with Crippen LogP contribution in [0.2, 0.25) is 0 Å². The molecule has 0 fully saturated rings. The predicted molar refractivity (Wildman–Crippen MR) is 80.5 cm³/mol. The predicted octanol–water partition coefficient (Wildman–Crippen LogP) is 2.19. The molecule has 104 valence electrons. The quantitative estimate of drug-likeness (QED) is 0.752. The molecular weight excluding hydrogens is 266 g/mol. The van der Waals surface area contributed by atoms with Gasteiger partial charge in [0.2, 0.25) is 0 Å². The molecule has 0 unspecified atom stereocenters. The third-order valence-electron chi connectivity index (χ3n) is 3.46. The largest absolute Gasteiger partial charge is 0.360 e. The summed E-state index contributed by atoms with van der Waals surface area (Å²) in [5.74, 6) is 0. The summed E-state index contributed by atoms with van der Waals surface area (Å²) in [7, 11) is 1.62. The van der Waals surface area contributed by atoms with E-state index in [1.54, 1.807) is 26.4 Å². The maximum Gasteiger partial charge on any atom is 0.271 e. The molecule has 0 amide bonds. The highest BCUT2D eigenvalue weighted by atomic mass is 16.1. The fraction of sp³-hybridized carbons (Fsp3) is 0.133. The van der Waals surface area contributed by atoms with Crippen LogP contribution in [-0.4, -0.2) is 14.8 Å². The highest BCUT2D eigenvalue weighted by molar-refractivity contribution is 5.89. The molecule has 2 aromatic heterocycles. The number of anilines is 2. The molecule has 2 N–H and O–H groups in total. The Labute approximate surface area is 120 Å². The van der Waals surface area contributed by atoms with Crippen molar-refractivity contribution in [2.24, 2.45) is 7.05 Å². The first-order chi connectivity index (χ1) is 10.1. The van der Waals surface area contributed by atoms with Gasteiger partial charge in [0.05, 0.1) is 17.4 Å². The Morgan fingerprint density at radius 2 is 2.24 bits per heavy atom. The molecule has 0 saturated heterocycles. The minimum atomic E-state index is -0.138. The molecule has 0 aliphatic heterocycles. The monoisotopic (exact) mass is 279 g/mol. The van der Waals surface area contributed by atoms with E-state index >= 15 is 0 Å². The van der Waals surface area contributed by atoms with Gasteiger partial charge >= 0.3 is 0 Å². The van der Waals surface area contributed by atoms with Crippen LogP contribution in [0.3, 0.4) is 0 Å². The van der Waals surface area contributed by atoms with Crippen molar-refractivity contribution >= 4 is 22.3 Å². The molecule has 2 heterocycles. The Bertz CT molecular complexity index is 929. The molecule has 0 aliphatic carbocycles. The lowest BCUT2D eigenvalue weighted by molar-refractivity contribution is 0.702. The second kappa shape index (κ2) is 4.80. The van der Waals surface area contributed by atoms with Crippen LogP contribution in [0.1, 0.15) is 11.1 Å². The van der Waals surface area contributed by atoms with Gasteiger partial charge in [-0.3, -0.25) is 4.79 Å². The molecule has 0 aliphatic rings. The number of benzene rings is 1. The van der Waals surface area contributed by atoms with Gasteiger partial charge < -0.3 is 10.3 Å². The van der Waals surface area contributed by atoms with Gasteiger partial charge in [0.15, 0.2) is 0 Å². The minimum Gasteiger partial charge on any atom is -0.360 e. The van der Waals surface area contributed by atoms with E-state index in [9.17, 15) is 4.79 Å². The normalized spacial score (nSPS) is 10.5. The summed E-state index contributed by atoms with van der Waals surface area (Å²) in [6.07, 6.45) is 3.29. The summed E-state index contributed by atoms with van der Waals surface area (Å²) in [5, 5.41) is 17.1. The first kappa shape index (κ1) is 12.9. The van der Waals surface area contributed by atoms with Gasteiger partial charge in [-0.05, 0) is 25.1 Å². The zero-order valence-electron chi connectivity index (χ0n) is 11.6. The van der Waals surface area contributed by atoms with Crippen LogP contribution in [-0.2, 0) is 7.05 Å². The fourth-order valence-corrected chi connectivity index (χ4v) is 2.22. The molecule has 1 aromatic carbocycles. The van der Waals surface area contributed by atoms with Gasteiger partial charge in [-0.2, -0.15) is 10.4 Å². The van der Waals surface area contributed by atoms with E-state index in [1.165, 1.54) is 4.68 Å². The number of nitriles is 1. The molecule has 0 saturated carbocycles. The van der Waals surface area contributed by atoms with Crippen molar-refractivity contribution < 1.29 is 0 Å². The van der Waals surface area contributed by atoms with Crippen molar-refractivity contribution in [3.63, 3.8) is 0 Å². The second-order valence-electron chi connectivity index (χ2n) is 4.81. The molecule has 3 rings (SSSR count). The molecule has 3 aromatic rings. The summed E-state index contributed by atoms with van der Waals surface area (Å²) in [5.41, 5.74) is 3.41. The van der Waals surface area contributed by atoms with E-state index in [4.69, 9.17) is 5.26 Å². The van der Waals surface area contributed by atoms with Crippen LogP contribution in [0.4, 0.5) is 11.4 Å². The number of nitrogens with one attached hydrogen (secondary N) is 2. The van der Waals surface area contributed by atoms with Crippen molar-refractivity contribution in [3.8, 4) is 6.07 Å². The van der Waals surface area contributed by atoms with E-state index in [1.807, 2.05) is 18.2 Å². The minimum absolute atomic E-state index is 0.138. The molecule has 6 heteroatoms. The first-order valence-electron chi connectivity index (χ1n) is 6.41. The Kier molecular flexibility index (Phi) is 2.95.